The van der Waals surface area contributed by atoms with Crippen molar-refractivity contribution in [3.63, 3.8) is 0 Å². The quantitative estimate of drug-likeness (QED) is 0.474. The molecule has 184 valence electrons. The van der Waals surface area contributed by atoms with Gasteiger partial charge in [0, 0.05) is 24.9 Å². The SMILES string of the molecule is O=C(O)CC(NC(=O)CC1CC(CNC(=O)OCC2c3ccccc3-c3ccccc32)C1)C1CC1. The van der Waals surface area contributed by atoms with Crippen molar-refractivity contribution in [3.05, 3.63) is 59.7 Å². The molecule has 0 aromatic heterocycles. The van der Waals surface area contributed by atoms with Gasteiger partial charge in [-0.3, -0.25) is 9.59 Å². The van der Waals surface area contributed by atoms with Gasteiger partial charge >= 0.3 is 12.1 Å². The van der Waals surface area contributed by atoms with E-state index in [1.165, 1.54) is 22.3 Å². The molecule has 2 saturated carbocycles. The van der Waals surface area contributed by atoms with Crippen molar-refractivity contribution in [2.75, 3.05) is 13.2 Å². The predicted octanol–water partition coefficient (Wildman–Crippen LogP) is 4.31. The second kappa shape index (κ2) is 10.1. The van der Waals surface area contributed by atoms with Gasteiger partial charge in [-0.1, -0.05) is 48.5 Å². The first kappa shape index (κ1) is 23.4. The van der Waals surface area contributed by atoms with Crippen LogP contribution in [0.3, 0.4) is 0 Å². The Hall–Kier alpha value is -3.35. The zero-order valence-electron chi connectivity index (χ0n) is 19.7. The van der Waals surface area contributed by atoms with E-state index >= 15 is 0 Å². The van der Waals surface area contributed by atoms with E-state index in [2.05, 4.69) is 34.9 Å². The molecule has 0 aliphatic heterocycles. The Balaban J connectivity index is 1.02. The van der Waals surface area contributed by atoms with Crippen molar-refractivity contribution >= 4 is 18.0 Å². The number of alkyl carbamates (subject to hydrolysis) is 1. The Morgan fingerprint density at radius 3 is 2.17 bits per heavy atom. The minimum absolute atomic E-state index is 0.00619. The second-order valence-electron chi connectivity index (χ2n) is 10.2. The standard InChI is InChI=1S/C28H32N2O5/c31-26(30-25(14-27(32)33)19-9-10-19)13-17-11-18(12-17)15-29-28(34)35-16-24-22-7-3-1-5-20(22)21-6-2-4-8-23(21)24/h1-8,17-19,24-25H,9-16H2,(H,29,34)(H,30,31)(H,32,33). The fraction of sp³-hybridized carbons (Fsp3) is 0.464. The van der Waals surface area contributed by atoms with Crippen LogP contribution >= 0.6 is 0 Å². The highest BCUT2D eigenvalue weighted by molar-refractivity contribution is 5.79. The number of nitrogens with one attached hydrogen (secondary N) is 2. The number of benzene rings is 2. The summed E-state index contributed by atoms with van der Waals surface area (Å²) in [7, 11) is 0. The number of hydrogen-bond donors (Lipinski definition) is 3. The fourth-order valence-corrected chi connectivity index (χ4v) is 5.63. The molecule has 0 bridgehead atoms. The zero-order valence-corrected chi connectivity index (χ0v) is 19.7. The Bertz CT molecular complexity index is 1060. The van der Waals surface area contributed by atoms with E-state index < -0.39 is 12.1 Å². The third kappa shape index (κ3) is 5.50. The van der Waals surface area contributed by atoms with Crippen molar-refractivity contribution in [3.8, 4) is 11.1 Å². The summed E-state index contributed by atoms with van der Waals surface area (Å²) in [6.07, 6.45) is 3.75. The number of carbonyl (C=O) groups is 3. The number of hydrogen-bond acceptors (Lipinski definition) is 4. The molecule has 3 aliphatic rings. The molecule has 7 heteroatoms. The van der Waals surface area contributed by atoms with E-state index in [1.54, 1.807) is 0 Å². The van der Waals surface area contributed by atoms with E-state index in [-0.39, 0.29) is 30.2 Å². The summed E-state index contributed by atoms with van der Waals surface area (Å²) in [5.41, 5.74) is 4.78. The summed E-state index contributed by atoms with van der Waals surface area (Å²) in [4.78, 5) is 35.7. The first-order valence-electron chi connectivity index (χ1n) is 12.6. The molecule has 0 radical (unpaired) electrons. The molecular weight excluding hydrogens is 444 g/mol. The third-order valence-corrected chi connectivity index (χ3v) is 7.62. The largest absolute Gasteiger partial charge is 0.481 e. The molecule has 2 fully saturated rings. The number of carboxylic acids is 1. The van der Waals surface area contributed by atoms with E-state index in [9.17, 15) is 14.4 Å². The molecule has 2 amide bonds. The summed E-state index contributed by atoms with van der Waals surface area (Å²) in [5, 5.41) is 14.8. The second-order valence-corrected chi connectivity index (χ2v) is 10.2. The Morgan fingerprint density at radius 2 is 1.57 bits per heavy atom. The lowest BCUT2D eigenvalue weighted by Crippen LogP contribution is -2.41. The minimum atomic E-state index is -0.870. The summed E-state index contributed by atoms with van der Waals surface area (Å²) in [5.74, 6) is 0.0489. The van der Waals surface area contributed by atoms with Crippen molar-refractivity contribution in [1.82, 2.24) is 10.6 Å². The highest BCUT2D eigenvalue weighted by Gasteiger charge is 2.36. The van der Waals surface area contributed by atoms with Crippen LogP contribution in [0.4, 0.5) is 4.79 Å². The fourth-order valence-electron chi connectivity index (χ4n) is 5.63. The molecular formula is C28H32N2O5. The van der Waals surface area contributed by atoms with E-state index in [4.69, 9.17) is 9.84 Å². The predicted molar refractivity (Wildman–Crippen MR) is 131 cm³/mol. The van der Waals surface area contributed by atoms with Crippen molar-refractivity contribution < 1.29 is 24.2 Å². The summed E-state index contributed by atoms with van der Waals surface area (Å²) >= 11 is 0. The van der Waals surface area contributed by atoms with Gasteiger partial charge in [-0.2, -0.15) is 0 Å². The highest BCUT2D eigenvalue weighted by atomic mass is 16.5. The topological polar surface area (TPSA) is 105 Å². The smallest absolute Gasteiger partial charge is 0.407 e. The number of ether oxygens (including phenoxy) is 1. The molecule has 2 aromatic carbocycles. The molecule has 3 N–H and O–H groups in total. The third-order valence-electron chi connectivity index (χ3n) is 7.62. The normalized spacial score (nSPS) is 21.3. The monoisotopic (exact) mass is 476 g/mol. The first-order chi connectivity index (χ1) is 17.0. The lowest BCUT2D eigenvalue weighted by molar-refractivity contribution is -0.138. The molecule has 1 atom stereocenters. The van der Waals surface area contributed by atoms with Gasteiger partial charge in [-0.05, 0) is 65.7 Å². The van der Waals surface area contributed by atoms with Crippen LogP contribution in [0.5, 0.6) is 0 Å². The lowest BCUT2D eigenvalue weighted by Gasteiger charge is -2.35. The van der Waals surface area contributed by atoms with Gasteiger partial charge in [0.2, 0.25) is 5.91 Å². The highest BCUT2D eigenvalue weighted by Crippen LogP contribution is 2.44. The molecule has 7 nitrogen and oxygen atoms in total. The Labute approximate surface area is 205 Å². The summed E-state index contributed by atoms with van der Waals surface area (Å²) < 4.78 is 5.59. The molecule has 0 spiro atoms. The van der Waals surface area contributed by atoms with Gasteiger partial charge in [0.25, 0.3) is 0 Å². The summed E-state index contributed by atoms with van der Waals surface area (Å²) in [6.45, 7) is 0.838. The number of fused-ring (bicyclic) bond motifs is 3. The van der Waals surface area contributed by atoms with Crippen LogP contribution in [0.2, 0.25) is 0 Å². The Morgan fingerprint density at radius 1 is 0.943 bits per heavy atom. The zero-order chi connectivity index (χ0) is 24.4. The van der Waals surface area contributed by atoms with Gasteiger partial charge in [-0.25, -0.2) is 4.79 Å². The van der Waals surface area contributed by atoms with E-state index in [1.807, 2.05) is 24.3 Å². The van der Waals surface area contributed by atoms with Crippen LogP contribution in [0.1, 0.15) is 55.6 Å². The number of amides is 2. The lowest BCUT2D eigenvalue weighted by atomic mass is 9.73. The van der Waals surface area contributed by atoms with Crippen LogP contribution in [0, 0.1) is 17.8 Å². The average molecular weight is 477 g/mol. The van der Waals surface area contributed by atoms with E-state index in [0.717, 1.165) is 25.7 Å². The van der Waals surface area contributed by atoms with Gasteiger partial charge in [0.05, 0.1) is 6.42 Å². The molecule has 2 aromatic rings. The number of carbonyl (C=O) groups excluding carboxylic acids is 2. The van der Waals surface area contributed by atoms with Crippen LogP contribution in [-0.2, 0) is 14.3 Å². The molecule has 5 rings (SSSR count). The van der Waals surface area contributed by atoms with Crippen LogP contribution in [0.15, 0.2) is 48.5 Å². The molecule has 0 saturated heterocycles. The maximum Gasteiger partial charge on any atom is 0.407 e. The molecule has 35 heavy (non-hydrogen) atoms. The summed E-state index contributed by atoms with van der Waals surface area (Å²) in [6, 6.07) is 16.3. The maximum atomic E-state index is 12.4. The van der Waals surface area contributed by atoms with Gasteiger partial charge in [0.1, 0.15) is 6.61 Å². The maximum absolute atomic E-state index is 12.4. The number of rotatable bonds is 10. The number of aliphatic carboxylic acids is 1. The number of carboxylic acid groups (broad SMARTS) is 1. The van der Waals surface area contributed by atoms with E-state index in [0.29, 0.717) is 31.4 Å². The van der Waals surface area contributed by atoms with Crippen molar-refractivity contribution in [1.29, 1.82) is 0 Å². The first-order valence-corrected chi connectivity index (χ1v) is 12.6. The minimum Gasteiger partial charge on any atom is -0.481 e. The van der Waals surface area contributed by atoms with Gasteiger partial charge < -0.3 is 20.5 Å². The van der Waals surface area contributed by atoms with Crippen molar-refractivity contribution in [2.45, 2.75) is 50.5 Å². The van der Waals surface area contributed by atoms with Crippen molar-refractivity contribution in [2.24, 2.45) is 17.8 Å². The Kier molecular flexibility index (Phi) is 6.75. The van der Waals surface area contributed by atoms with Crippen LogP contribution in [-0.4, -0.2) is 42.3 Å². The van der Waals surface area contributed by atoms with Crippen LogP contribution in [0.25, 0.3) is 11.1 Å². The van der Waals surface area contributed by atoms with Gasteiger partial charge in [0.15, 0.2) is 0 Å². The van der Waals surface area contributed by atoms with Gasteiger partial charge in [-0.15, -0.1) is 0 Å². The van der Waals surface area contributed by atoms with Crippen LogP contribution < -0.4 is 10.6 Å². The molecule has 1 unspecified atom stereocenters. The average Bonchev–Trinajstić information content (AvgIpc) is 3.61. The molecule has 3 aliphatic carbocycles. The molecule has 0 heterocycles.